The average molecular weight is 853 g/mol. The number of hydrogen-bond donors (Lipinski definition) is 2. The number of alkyl halides is 4. The number of aliphatic hydroxyl groups excluding tert-OH is 1. The molecule has 60 heavy (non-hydrogen) atoms. The molecule has 20 heteroatoms. The fourth-order valence-electron chi connectivity index (χ4n) is 8.25. The number of rotatable bonds is 12. The molecule has 9 rings (SSSR count). The van der Waals surface area contributed by atoms with Gasteiger partial charge in [0.05, 0.1) is 47.3 Å². The van der Waals surface area contributed by atoms with E-state index in [2.05, 4.69) is 20.4 Å². The number of halogens is 6. The minimum atomic E-state index is -3.96. The minimum absolute atomic E-state index is 0.0305. The van der Waals surface area contributed by atoms with Gasteiger partial charge in [0.2, 0.25) is 10.0 Å². The standard InChI is InChI=1S/C40H34F6N8O5S/c41-24-11-21(12-25(42)15-24)13-32(49-33(55)19-53-36-34(35(51-53)37(43)44)29-16-30(29)40(36,45)46)38-50-31-14-22(23-17-47-20-48-18-23)1-6-28(31)39(56)54(38)26-2-4-27(5-3-26)60(57,58)52-7-9-59-10-8-52/h1-6,11-12,14-15,17-18,20,29-30,32-33,37,49,55H,7-10,13,16,19H2/t29-,30+,32-,33?/m0/s1. The molecule has 2 fully saturated rings. The molecule has 1 saturated heterocycles. The first kappa shape index (κ1) is 39.9. The van der Waals surface area contributed by atoms with Crippen LogP contribution in [0.25, 0.3) is 27.7 Å². The molecule has 2 aliphatic carbocycles. The molecule has 4 atom stereocenters. The van der Waals surface area contributed by atoms with Crippen LogP contribution >= 0.6 is 0 Å². The Kier molecular flexibility index (Phi) is 10.1. The van der Waals surface area contributed by atoms with Gasteiger partial charge in [-0.15, -0.1) is 0 Å². The summed E-state index contributed by atoms with van der Waals surface area (Å²) in [6.07, 6.45) is -0.910. The van der Waals surface area contributed by atoms with Crippen molar-refractivity contribution < 1.29 is 44.6 Å². The molecule has 6 aromatic rings. The lowest BCUT2D eigenvalue weighted by molar-refractivity contribution is -0.0334. The van der Waals surface area contributed by atoms with Crippen molar-refractivity contribution in [1.82, 2.24) is 38.9 Å². The van der Waals surface area contributed by atoms with Crippen molar-refractivity contribution in [3.63, 3.8) is 0 Å². The molecular formula is C40H34F6N8O5S. The van der Waals surface area contributed by atoms with Gasteiger partial charge in [0.25, 0.3) is 17.9 Å². The molecular weight excluding hydrogens is 819 g/mol. The summed E-state index contributed by atoms with van der Waals surface area (Å²) in [5.41, 5.74) is -0.977. The Morgan fingerprint density at radius 2 is 1.65 bits per heavy atom. The van der Waals surface area contributed by atoms with E-state index >= 15 is 8.78 Å². The number of fused-ring (bicyclic) bond motifs is 4. The van der Waals surface area contributed by atoms with Crippen molar-refractivity contribution in [2.45, 2.75) is 54.8 Å². The van der Waals surface area contributed by atoms with E-state index in [-0.39, 0.29) is 77.6 Å². The lowest BCUT2D eigenvalue weighted by atomic mass is 10.0. The van der Waals surface area contributed by atoms with Gasteiger partial charge in [-0.3, -0.25) is 19.4 Å². The number of aromatic nitrogens is 6. The van der Waals surface area contributed by atoms with Crippen LogP contribution in [0.15, 0.2) is 89.1 Å². The van der Waals surface area contributed by atoms with E-state index in [0.29, 0.717) is 21.9 Å². The lowest BCUT2D eigenvalue weighted by Gasteiger charge is -2.27. The average Bonchev–Trinajstić information content (AvgIpc) is 3.89. The first-order valence-electron chi connectivity index (χ1n) is 18.9. The van der Waals surface area contributed by atoms with E-state index in [1.54, 1.807) is 24.5 Å². The van der Waals surface area contributed by atoms with Crippen LogP contribution in [-0.4, -0.2) is 79.7 Å². The largest absolute Gasteiger partial charge is 0.379 e. The second-order valence-electron chi connectivity index (χ2n) is 14.9. The van der Waals surface area contributed by atoms with Gasteiger partial charge in [-0.05, 0) is 78.4 Å². The van der Waals surface area contributed by atoms with Crippen molar-refractivity contribution in [2.75, 3.05) is 26.3 Å². The molecule has 0 spiro atoms. The Morgan fingerprint density at radius 1 is 0.950 bits per heavy atom. The van der Waals surface area contributed by atoms with Gasteiger partial charge in [-0.1, -0.05) is 6.07 Å². The van der Waals surface area contributed by atoms with Crippen LogP contribution in [0.3, 0.4) is 0 Å². The number of nitrogens with zero attached hydrogens (tertiary/aromatic N) is 7. The smallest absolute Gasteiger partial charge is 0.293 e. The summed E-state index contributed by atoms with van der Waals surface area (Å²) in [4.78, 5) is 27.5. The zero-order valence-electron chi connectivity index (χ0n) is 31.2. The Balaban J connectivity index is 1.17. The predicted molar refractivity (Wildman–Crippen MR) is 202 cm³/mol. The number of hydrogen-bond acceptors (Lipinski definition) is 10. The first-order chi connectivity index (χ1) is 28.7. The zero-order chi connectivity index (χ0) is 42.1. The highest BCUT2D eigenvalue weighted by Crippen LogP contribution is 2.68. The second-order valence-corrected chi connectivity index (χ2v) is 16.8. The number of morpholine rings is 1. The van der Waals surface area contributed by atoms with Crippen LogP contribution < -0.4 is 10.9 Å². The predicted octanol–water partition coefficient (Wildman–Crippen LogP) is 5.38. The number of nitrogens with one attached hydrogen (secondary N) is 1. The van der Waals surface area contributed by atoms with Gasteiger partial charge in [0.1, 0.15) is 41.4 Å². The number of ether oxygens (including phenoxy) is 1. The van der Waals surface area contributed by atoms with E-state index in [4.69, 9.17) is 9.72 Å². The van der Waals surface area contributed by atoms with E-state index in [9.17, 15) is 35.9 Å². The highest BCUT2D eigenvalue weighted by Gasteiger charge is 2.67. The molecule has 0 radical (unpaired) electrons. The maximum atomic E-state index is 15.5. The monoisotopic (exact) mass is 852 g/mol. The van der Waals surface area contributed by atoms with Crippen molar-refractivity contribution in [3.8, 4) is 16.8 Å². The molecule has 1 unspecified atom stereocenters. The molecule has 0 bridgehead atoms. The molecule has 4 heterocycles. The number of benzene rings is 3. The van der Waals surface area contributed by atoms with Crippen molar-refractivity contribution in [2.24, 2.45) is 5.92 Å². The van der Waals surface area contributed by atoms with Crippen LogP contribution in [0.4, 0.5) is 26.3 Å². The van der Waals surface area contributed by atoms with Crippen LogP contribution in [0.5, 0.6) is 0 Å². The fraction of sp³-hybridized carbons (Fsp3) is 0.325. The molecule has 0 amide bonds. The third-order valence-electron chi connectivity index (χ3n) is 11.1. The summed E-state index contributed by atoms with van der Waals surface area (Å²) in [5, 5.41) is 18.3. The topological polar surface area (TPSA) is 157 Å². The normalized spacial score (nSPS) is 19.7. The van der Waals surface area contributed by atoms with Crippen LogP contribution in [-0.2, 0) is 33.6 Å². The highest BCUT2D eigenvalue weighted by molar-refractivity contribution is 7.89. The minimum Gasteiger partial charge on any atom is -0.379 e. The summed E-state index contributed by atoms with van der Waals surface area (Å²) < 4.78 is 124. The zero-order valence-corrected chi connectivity index (χ0v) is 32.0. The Bertz CT molecular complexity index is 2770. The summed E-state index contributed by atoms with van der Waals surface area (Å²) in [7, 11) is -3.96. The van der Waals surface area contributed by atoms with Crippen LogP contribution in [0, 0.1) is 17.6 Å². The Labute approximate surface area is 337 Å². The fourth-order valence-corrected chi connectivity index (χ4v) is 9.66. The number of sulfonamides is 1. The molecule has 312 valence electrons. The van der Waals surface area contributed by atoms with Gasteiger partial charge in [-0.2, -0.15) is 18.2 Å². The molecule has 1 saturated carbocycles. The van der Waals surface area contributed by atoms with Gasteiger partial charge in [0, 0.05) is 48.6 Å². The summed E-state index contributed by atoms with van der Waals surface area (Å²) in [5.74, 6) is -7.45. The van der Waals surface area contributed by atoms with Gasteiger partial charge < -0.3 is 9.84 Å². The van der Waals surface area contributed by atoms with Gasteiger partial charge in [-0.25, -0.2) is 40.9 Å². The third kappa shape index (κ3) is 7.14. The van der Waals surface area contributed by atoms with E-state index in [1.807, 2.05) is 0 Å². The molecule has 13 nitrogen and oxygen atoms in total. The molecule has 3 aromatic heterocycles. The van der Waals surface area contributed by atoms with Crippen LogP contribution in [0.1, 0.15) is 53.1 Å². The second kappa shape index (κ2) is 15.2. The van der Waals surface area contributed by atoms with E-state index < -0.39 is 81.6 Å². The quantitative estimate of drug-likeness (QED) is 0.121. The Hall–Kier alpha value is -5.54. The summed E-state index contributed by atoms with van der Waals surface area (Å²) >= 11 is 0. The summed E-state index contributed by atoms with van der Waals surface area (Å²) in [6, 6.07) is 11.5. The Morgan fingerprint density at radius 3 is 2.33 bits per heavy atom. The maximum absolute atomic E-state index is 15.5. The lowest BCUT2D eigenvalue weighted by Crippen LogP contribution is -2.41. The van der Waals surface area contributed by atoms with Gasteiger partial charge >= 0.3 is 0 Å². The molecule has 2 N–H and O–H groups in total. The SMILES string of the molecule is O=c1c2ccc(-c3cncnc3)cc2nc([C@H](Cc2cc(F)cc(F)c2)NC(O)Cn2nc(C(F)F)c3c2C(F)(F)[C@@H]2C[C@H]32)n1-c1ccc(S(=O)(=O)N2CCOCC2)cc1. The van der Waals surface area contributed by atoms with E-state index in [1.165, 1.54) is 41.0 Å². The number of aliphatic hydroxyl groups is 1. The molecule has 3 aliphatic rings. The van der Waals surface area contributed by atoms with Crippen molar-refractivity contribution >= 4 is 20.9 Å². The highest BCUT2D eigenvalue weighted by atomic mass is 32.2. The van der Waals surface area contributed by atoms with Crippen molar-refractivity contribution in [1.29, 1.82) is 0 Å². The van der Waals surface area contributed by atoms with E-state index in [0.717, 1.165) is 16.7 Å². The molecule has 3 aromatic carbocycles. The maximum Gasteiger partial charge on any atom is 0.293 e. The van der Waals surface area contributed by atoms with Crippen molar-refractivity contribution in [3.05, 3.63) is 130 Å². The molecule has 1 aliphatic heterocycles. The third-order valence-corrected chi connectivity index (χ3v) is 13.0. The van der Waals surface area contributed by atoms with Gasteiger partial charge in [0.15, 0.2) is 0 Å². The summed E-state index contributed by atoms with van der Waals surface area (Å²) in [6.45, 7) is -0.0547. The van der Waals surface area contributed by atoms with Crippen LogP contribution in [0.2, 0.25) is 0 Å². The first-order valence-corrected chi connectivity index (χ1v) is 20.3.